The number of hydrogen-bond donors (Lipinski definition) is 1. The summed E-state index contributed by atoms with van der Waals surface area (Å²) in [6, 6.07) is 0. The predicted octanol–water partition coefficient (Wildman–Crippen LogP) is -0.232. The third-order valence-corrected chi connectivity index (χ3v) is 1.61. The Bertz CT molecular complexity index is 236. The predicted molar refractivity (Wildman–Crippen MR) is 62.9 cm³/mol. The van der Waals surface area contributed by atoms with Crippen LogP contribution in [0.5, 0.6) is 0 Å². The van der Waals surface area contributed by atoms with Crippen molar-refractivity contribution in [1.29, 1.82) is 0 Å². The third-order valence-electron chi connectivity index (χ3n) is 1.61. The average molecular weight is 212 g/mol. The number of aliphatic imine (C=N–C) groups is 1. The van der Waals surface area contributed by atoms with Gasteiger partial charge in [-0.15, -0.1) is 6.58 Å². The van der Waals surface area contributed by atoms with Gasteiger partial charge in [0.15, 0.2) is 5.96 Å². The first-order valence-corrected chi connectivity index (χ1v) is 4.75. The monoisotopic (exact) mass is 212 g/mol. The molecule has 0 rings (SSSR count). The maximum atomic E-state index is 11.2. The molecule has 1 N–H and O–H groups in total. The fourth-order valence-corrected chi connectivity index (χ4v) is 1.07. The minimum absolute atomic E-state index is 0.101. The van der Waals surface area contributed by atoms with Crippen LogP contribution in [-0.2, 0) is 4.79 Å². The second kappa shape index (κ2) is 6.86. The molecule has 0 aliphatic rings. The van der Waals surface area contributed by atoms with Crippen LogP contribution < -0.4 is 5.32 Å². The lowest BCUT2D eigenvalue weighted by Gasteiger charge is -2.22. The lowest BCUT2D eigenvalue weighted by Crippen LogP contribution is -2.36. The van der Waals surface area contributed by atoms with E-state index in [1.807, 2.05) is 38.0 Å². The summed E-state index contributed by atoms with van der Waals surface area (Å²) in [5.41, 5.74) is 0. The minimum Gasteiger partial charge on any atom is -0.351 e. The van der Waals surface area contributed by atoms with E-state index in [2.05, 4.69) is 16.9 Å². The van der Waals surface area contributed by atoms with E-state index in [-0.39, 0.29) is 12.5 Å². The number of hydrogen-bond acceptors (Lipinski definition) is 2. The molecular weight excluding hydrogens is 192 g/mol. The second-order valence-electron chi connectivity index (χ2n) is 3.50. The highest BCUT2D eigenvalue weighted by molar-refractivity contribution is 5.84. The van der Waals surface area contributed by atoms with E-state index in [1.54, 1.807) is 6.08 Å². The van der Waals surface area contributed by atoms with Crippen molar-refractivity contribution < 1.29 is 4.79 Å². The van der Waals surface area contributed by atoms with Crippen molar-refractivity contribution in [3.05, 3.63) is 12.7 Å². The standard InChI is InChI=1S/C10H20N4O/c1-6-7-11-9(15)8-12-10(13(2)3)14(4)5/h6H,1,7-8H2,2-5H3,(H,11,15). The number of amides is 1. The van der Waals surface area contributed by atoms with Crippen molar-refractivity contribution in [2.24, 2.45) is 4.99 Å². The number of carbonyl (C=O) groups is 1. The Kier molecular flexibility index (Phi) is 6.17. The van der Waals surface area contributed by atoms with E-state index in [4.69, 9.17) is 0 Å². The highest BCUT2D eigenvalue weighted by Gasteiger charge is 2.05. The van der Waals surface area contributed by atoms with E-state index in [0.29, 0.717) is 6.54 Å². The maximum absolute atomic E-state index is 11.2. The SMILES string of the molecule is C=CCNC(=O)CN=C(N(C)C)N(C)C. The summed E-state index contributed by atoms with van der Waals surface area (Å²) >= 11 is 0. The molecule has 0 aliphatic heterocycles. The molecule has 0 fully saturated rings. The van der Waals surface area contributed by atoms with E-state index in [0.717, 1.165) is 5.96 Å². The molecule has 0 atom stereocenters. The first kappa shape index (κ1) is 13.5. The van der Waals surface area contributed by atoms with Crippen LogP contribution in [0.1, 0.15) is 0 Å². The average Bonchev–Trinajstić information content (AvgIpc) is 2.13. The van der Waals surface area contributed by atoms with Crippen LogP contribution >= 0.6 is 0 Å². The van der Waals surface area contributed by atoms with E-state index in [1.165, 1.54) is 0 Å². The summed E-state index contributed by atoms with van der Waals surface area (Å²) in [6.45, 7) is 4.14. The van der Waals surface area contributed by atoms with Gasteiger partial charge in [0.1, 0.15) is 6.54 Å². The van der Waals surface area contributed by atoms with Gasteiger partial charge in [0.2, 0.25) is 5.91 Å². The molecule has 0 saturated heterocycles. The van der Waals surface area contributed by atoms with Gasteiger partial charge in [-0.2, -0.15) is 0 Å². The molecule has 0 radical (unpaired) electrons. The van der Waals surface area contributed by atoms with E-state index < -0.39 is 0 Å². The van der Waals surface area contributed by atoms with Crippen molar-refractivity contribution in [3.63, 3.8) is 0 Å². The molecule has 0 aromatic rings. The van der Waals surface area contributed by atoms with Crippen molar-refractivity contribution in [3.8, 4) is 0 Å². The van der Waals surface area contributed by atoms with Gasteiger partial charge in [-0.25, -0.2) is 4.99 Å². The molecule has 5 heteroatoms. The highest BCUT2D eigenvalue weighted by Crippen LogP contribution is 1.88. The van der Waals surface area contributed by atoms with E-state index in [9.17, 15) is 4.79 Å². The van der Waals surface area contributed by atoms with E-state index >= 15 is 0 Å². The molecule has 86 valence electrons. The Morgan fingerprint density at radius 1 is 1.33 bits per heavy atom. The van der Waals surface area contributed by atoms with Gasteiger partial charge in [-0.1, -0.05) is 6.08 Å². The highest BCUT2D eigenvalue weighted by atomic mass is 16.1. The number of nitrogens with zero attached hydrogens (tertiary/aromatic N) is 3. The Morgan fingerprint density at radius 3 is 2.27 bits per heavy atom. The normalized spacial score (nSPS) is 9.07. The topological polar surface area (TPSA) is 47.9 Å². The number of guanidine groups is 1. The summed E-state index contributed by atoms with van der Waals surface area (Å²) in [4.78, 5) is 19.2. The van der Waals surface area contributed by atoms with Gasteiger partial charge >= 0.3 is 0 Å². The fraction of sp³-hybridized carbons (Fsp3) is 0.600. The zero-order valence-electron chi connectivity index (χ0n) is 9.95. The molecule has 0 unspecified atom stereocenters. The smallest absolute Gasteiger partial charge is 0.242 e. The van der Waals surface area contributed by atoms with Gasteiger partial charge in [0, 0.05) is 34.7 Å². The number of nitrogens with one attached hydrogen (secondary N) is 1. The largest absolute Gasteiger partial charge is 0.351 e. The lowest BCUT2D eigenvalue weighted by atomic mass is 10.5. The molecule has 0 aromatic carbocycles. The maximum Gasteiger partial charge on any atom is 0.242 e. The van der Waals surface area contributed by atoms with Crippen molar-refractivity contribution in [2.45, 2.75) is 0 Å². The molecule has 0 aromatic heterocycles. The summed E-state index contributed by atoms with van der Waals surface area (Å²) in [7, 11) is 7.56. The minimum atomic E-state index is -0.101. The van der Waals surface area contributed by atoms with Gasteiger partial charge in [0.25, 0.3) is 0 Å². The molecule has 15 heavy (non-hydrogen) atoms. The quantitative estimate of drug-likeness (QED) is 0.398. The molecule has 1 amide bonds. The van der Waals surface area contributed by atoms with Crippen LogP contribution in [0, 0.1) is 0 Å². The van der Waals surface area contributed by atoms with Crippen molar-refractivity contribution in [2.75, 3.05) is 41.3 Å². The van der Waals surface area contributed by atoms with Crippen LogP contribution in [0.3, 0.4) is 0 Å². The molecule has 0 aliphatic carbocycles. The Morgan fingerprint density at radius 2 is 1.87 bits per heavy atom. The summed E-state index contributed by atoms with van der Waals surface area (Å²) < 4.78 is 0. The molecule has 0 spiro atoms. The van der Waals surface area contributed by atoms with Gasteiger partial charge < -0.3 is 15.1 Å². The van der Waals surface area contributed by atoms with Gasteiger partial charge in [-0.05, 0) is 0 Å². The van der Waals surface area contributed by atoms with Gasteiger partial charge in [-0.3, -0.25) is 4.79 Å². The second-order valence-corrected chi connectivity index (χ2v) is 3.50. The van der Waals surface area contributed by atoms with Crippen LogP contribution in [0.2, 0.25) is 0 Å². The summed E-state index contributed by atoms with van der Waals surface area (Å²) in [6.07, 6.45) is 1.64. The fourth-order valence-electron chi connectivity index (χ4n) is 1.07. The molecule has 5 nitrogen and oxygen atoms in total. The van der Waals surface area contributed by atoms with Crippen molar-refractivity contribution >= 4 is 11.9 Å². The molecule has 0 heterocycles. The third kappa shape index (κ3) is 5.72. The Labute approximate surface area is 91.5 Å². The molecular formula is C10H20N4O. The van der Waals surface area contributed by atoms with Crippen LogP contribution in [-0.4, -0.2) is 62.9 Å². The lowest BCUT2D eigenvalue weighted by molar-refractivity contribution is -0.119. The van der Waals surface area contributed by atoms with Crippen LogP contribution in [0.25, 0.3) is 0 Å². The Hall–Kier alpha value is -1.52. The summed E-state index contributed by atoms with van der Waals surface area (Å²) in [5, 5.41) is 2.66. The zero-order chi connectivity index (χ0) is 11.8. The van der Waals surface area contributed by atoms with Crippen LogP contribution in [0.4, 0.5) is 0 Å². The van der Waals surface area contributed by atoms with Crippen molar-refractivity contribution in [1.82, 2.24) is 15.1 Å². The first-order chi connectivity index (χ1) is 6.99. The number of rotatable bonds is 4. The van der Waals surface area contributed by atoms with Crippen LogP contribution in [0.15, 0.2) is 17.6 Å². The molecule has 0 bridgehead atoms. The Balaban J connectivity index is 4.21. The first-order valence-electron chi connectivity index (χ1n) is 4.75. The summed E-state index contributed by atoms with van der Waals surface area (Å²) in [5.74, 6) is 0.667. The zero-order valence-corrected chi connectivity index (χ0v) is 9.95. The number of carbonyl (C=O) groups excluding carboxylic acids is 1. The molecule has 0 saturated carbocycles. The van der Waals surface area contributed by atoms with Gasteiger partial charge in [0.05, 0.1) is 0 Å².